The molecule has 1 aromatic carbocycles. The number of benzene rings is 1. The SMILES string of the molecule is CNc1cn2cc(C3CC3)cc(OCc3ccccc3)c2n1. The number of aromatic nitrogens is 2. The Morgan fingerprint density at radius 2 is 2.05 bits per heavy atom. The van der Waals surface area contributed by atoms with Gasteiger partial charge in [-0.25, -0.2) is 4.98 Å². The van der Waals surface area contributed by atoms with Gasteiger partial charge in [-0.3, -0.25) is 0 Å². The van der Waals surface area contributed by atoms with E-state index in [-0.39, 0.29) is 0 Å². The van der Waals surface area contributed by atoms with Gasteiger partial charge >= 0.3 is 0 Å². The second-order valence-electron chi connectivity index (χ2n) is 5.79. The molecule has 2 heterocycles. The van der Waals surface area contributed by atoms with Gasteiger partial charge in [0, 0.05) is 13.2 Å². The van der Waals surface area contributed by atoms with Crippen LogP contribution in [-0.2, 0) is 6.61 Å². The lowest BCUT2D eigenvalue weighted by Crippen LogP contribution is -1.99. The van der Waals surface area contributed by atoms with Gasteiger partial charge in [-0.1, -0.05) is 30.3 Å². The summed E-state index contributed by atoms with van der Waals surface area (Å²) in [4.78, 5) is 4.59. The number of rotatable bonds is 5. The maximum Gasteiger partial charge on any atom is 0.181 e. The zero-order chi connectivity index (χ0) is 14.9. The molecule has 22 heavy (non-hydrogen) atoms. The Balaban J connectivity index is 1.69. The first-order chi connectivity index (χ1) is 10.8. The smallest absolute Gasteiger partial charge is 0.181 e. The number of fused-ring (bicyclic) bond motifs is 1. The van der Waals surface area contributed by atoms with Crippen molar-refractivity contribution < 1.29 is 4.74 Å². The molecule has 0 aliphatic heterocycles. The molecule has 0 amide bonds. The van der Waals surface area contributed by atoms with E-state index < -0.39 is 0 Å². The van der Waals surface area contributed by atoms with Gasteiger partial charge in [0.25, 0.3) is 0 Å². The van der Waals surface area contributed by atoms with E-state index in [4.69, 9.17) is 4.74 Å². The fourth-order valence-corrected chi connectivity index (χ4v) is 2.69. The van der Waals surface area contributed by atoms with Gasteiger partial charge in [0.05, 0.1) is 6.20 Å². The van der Waals surface area contributed by atoms with Gasteiger partial charge < -0.3 is 14.5 Å². The summed E-state index contributed by atoms with van der Waals surface area (Å²) in [6.45, 7) is 0.562. The first-order valence-corrected chi connectivity index (χ1v) is 7.70. The van der Waals surface area contributed by atoms with Crippen molar-refractivity contribution in [1.29, 1.82) is 0 Å². The van der Waals surface area contributed by atoms with Gasteiger partial charge in [0.15, 0.2) is 11.4 Å². The number of hydrogen-bond acceptors (Lipinski definition) is 3. The average molecular weight is 293 g/mol. The van der Waals surface area contributed by atoms with Crippen LogP contribution in [0.5, 0.6) is 5.75 Å². The molecule has 1 fully saturated rings. The number of imidazole rings is 1. The fourth-order valence-electron chi connectivity index (χ4n) is 2.69. The molecule has 2 aromatic heterocycles. The lowest BCUT2D eigenvalue weighted by Gasteiger charge is -2.10. The quantitative estimate of drug-likeness (QED) is 0.777. The standard InChI is InChI=1S/C18H19N3O/c1-19-17-11-21-10-15(14-7-8-14)9-16(18(21)20-17)22-12-13-5-3-2-4-6-13/h2-6,9-11,14,19H,7-8,12H2,1H3. The lowest BCUT2D eigenvalue weighted by atomic mass is 10.2. The minimum Gasteiger partial charge on any atom is -0.485 e. The largest absolute Gasteiger partial charge is 0.485 e. The maximum atomic E-state index is 6.07. The summed E-state index contributed by atoms with van der Waals surface area (Å²) in [6, 6.07) is 12.4. The molecule has 4 rings (SSSR count). The first kappa shape index (κ1) is 13.2. The van der Waals surface area contributed by atoms with E-state index in [2.05, 4.69) is 39.1 Å². The van der Waals surface area contributed by atoms with Crippen LogP contribution in [0.4, 0.5) is 5.82 Å². The topological polar surface area (TPSA) is 38.6 Å². The van der Waals surface area contributed by atoms with E-state index in [1.165, 1.54) is 18.4 Å². The molecule has 0 spiro atoms. The van der Waals surface area contributed by atoms with Gasteiger partial charge in [-0.15, -0.1) is 0 Å². The van der Waals surface area contributed by atoms with Crippen LogP contribution in [0.2, 0.25) is 0 Å². The number of anilines is 1. The zero-order valence-corrected chi connectivity index (χ0v) is 12.6. The molecule has 112 valence electrons. The third kappa shape index (κ3) is 2.52. The van der Waals surface area contributed by atoms with E-state index in [9.17, 15) is 0 Å². The van der Waals surface area contributed by atoms with Crippen molar-refractivity contribution in [2.45, 2.75) is 25.4 Å². The highest BCUT2D eigenvalue weighted by Crippen LogP contribution is 2.41. The van der Waals surface area contributed by atoms with Crippen LogP contribution in [-0.4, -0.2) is 16.4 Å². The molecule has 0 radical (unpaired) electrons. The normalized spacial score (nSPS) is 14.2. The van der Waals surface area contributed by atoms with Crippen molar-refractivity contribution in [1.82, 2.24) is 9.38 Å². The van der Waals surface area contributed by atoms with Crippen LogP contribution >= 0.6 is 0 Å². The van der Waals surface area contributed by atoms with Gasteiger partial charge in [0.1, 0.15) is 12.4 Å². The van der Waals surface area contributed by atoms with Crippen molar-refractivity contribution >= 4 is 11.5 Å². The highest BCUT2D eigenvalue weighted by Gasteiger charge is 2.25. The minimum absolute atomic E-state index is 0.562. The fraction of sp³-hybridized carbons (Fsp3) is 0.278. The average Bonchev–Trinajstić information content (AvgIpc) is 3.32. The third-order valence-corrected chi connectivity index (χ3v) is 4.08. The van der Waals surface area contributed by atoms with Crippen molar-refractivity contribution in [3.63, 3.8) is 0 Å². The van der Waals surface area contributed by atoms with E-state index in [0.717, 1.165) is 22.8 Å². The Bertz CT molecular complexity index is 791. The first-order valence-electron chi connectivity index (χ1n) is 7.70. The molecule has 1 saturated carbocycles. The molecule has 0 atom stereocenters. The predicted molar refractivity (Wildman–Crippen MR) is 87.5 cm³/mol. The second-order valence-corrected chi connectivity index (χ2v) is 5.79. The summed E-state index contributed by atoms with van der Waals surface area (Å²) in [5.41, 5.74) is 3.37. The lowest BCUT2D eigenvalue weighted by molar-refractivity contribution is 0.308. The number of pyridine rings is 1. The molecule has 1 aliphatic carbocycles. The van der Waals surface area contributed by atoms with E-state index >= 15 is 0 Å². The van der Waals surface area contributed by atoms with E-state index in [1.54, 1.807) is 0 Å². The Labute approximate surface area is 129 Å². The van der Waals surface area contributed by atoms with Crippen LogP contribution in [0.3, 0.4) is 0 Å². The summed E-state index contributed by atoms with van der Waals surface area (Å²) >= 11 is 0. The number of nitrogens with one attached hydrogen (secondary N) is 1. The summed E-state index contributed by atoms with van der Waals surface area (Å²) in [5, 5.41) is 3.09. The Kier molecular flexibility index (Phi) is 3.22. The van der Waals surface area contributed by atoms with Gasteiger partial charge in [0.2, 0.25) is 0 Å². The van der Waals surface area contributed by atoms with Crippen molar-refractivity contribution in [2.24, 2.45) is 0 Å². The second kappa shape index (κ2) is 5.37. The third-order valence-electron chi connectivity index (χ3n) is 4.08. The van der Waals surface area contributed by atoms with E-state index in [1.807, 2.05) is 31.4 Å². The van der Waals surface area contributed by atoms with Crippen molar-refractivity contribution in [2.75, 3.05) is 12.4 Å². The van der Waals surface area contributed by atoms with Crippen LogP contribution in [0.1, 0.15) is 29.9 Å². The highest BCUT2D eigenvalue weighted by atomic mass is 16.5. The van der Waals surface area contributed by atoms with Crippen LogP contribution in [0.25, 0.3) is 5.65 Å². The number of hydrogen-bond donors (Lipinski definition) is 1. The summed E-state index contributed by atoms with van der Waals surface area (Å²) in [6.07, 6.45) is 6.74. The van der Waals surface area contributed by atoms with Crippen molar-refractivity contribution in [3.8, 4) is 5.75 Å². The Morgan fingerprint density at radius 1 is 1.23 bits per heavy atom. The molecule has 0 saturated heterocycles. The van der Waals surface area contributed by atoms with Crippen molar-refractivity contribution in [3.05, 3.63) is 59.9 Å². The molecule has 1 N–H and O–H groups in total. The molecule has 0 unspecified atom stereocenters. The van der Waals surface area contributed by atoms with E-state index in [0.29, 0.717) is 12.5 Å². The molecular weight excluding hydrogens is 274 g/mol. The summed E-state index contributed by atoms with van der Waals surface area (Å²) < 4.78 is 8.14. The molecule has 3 aromatic rings. The minimum atomic E-state index is 0.562. The Hall–Kier alpha value is -2.49. The summed E-state index contributed by atoms with van der Waals surface area (Å²) in [5.74, 6) is 2.40. The van der Waals surface area contributed by atoms with Crippen LogP contribution < -0.4 is 10.1 Å². The molecule has 4 heteroatoms. The monoisotopic (exact) mass is 293 g/mol. The molecule has 1 aliphatic rings. The van der Waals surface area contributed by atoms with Gasteiger partial charge in [-0.05, 0) is 36.0 Å². The molecule has 4 nitrogen and oxygen atoms in total. The zero-order valence-electron chi connectivity index (χ0n) is 12.6. The van der Waals surface area contributed by atoms with Gasteiger partial charge in [-0.2, -0.15) is 0 Å². The maximum absolute atomic E-state index is 6.07. The number of nitrogens with zero attached hydrogens (tertiary/aromatic N) is 2. The Morgan fingerprint density at radius 3 is 2.77 bits per heavy atom. The highest BCUT2D eigenvalue weighted by molar-refractivity contribution is 5.60. The molecular formula is C18H19N3O. The summed E-state index contributed by atoms with van der Waals surface area (Å²) in [7, 11) is 1.88. The molecule has 0 bridgehead atoms. The van der Waals surface area contributed by atoms with Crippen LogP contribution in [0.15, 0.2) is 48.8 Å². The predicted octanol–water partition coefficient (Wildman–Crippen LogP) is 3.83. The number of ether oxygens (including phenoxy) is 1. The van der Waals surface area contributed by atoms with Crippen LogP contribution in [0, 0.1) is 0 Å².